The van der Waals surface area contributed by atoms with Crippen LogP contribution in [0.4, 0.5) is 5.82 Å². The van der Waals surface area contributed by atoms with E-state index < -0.39 is 0 Å². The lowest BCUT2D eigenvalue weighted by Crippen LogP contribution is -2.65. The Labute approximate surface area is 192 Å². The van der Waals surface area contributed by atoms with Gasteiger partial charge in [-0.1, -0.05) is 18.9 Å². The Hall–Kier alpha value is -1.09. The number of anilines is 1. The minimum atomic E-state index is 0. The first kappa shape index (κ1) is 22.6. The molecule has 6 nitrogen and oxygen atoms in total. The molecule has 1 spiro atoms. The number of hydrogen-bond acceptors (Lipinski definition) is 4. The Bertz CT molecular complexity index is 656. The first-order valence-electron chi connectivity index (χ1n) is 11.0. The first-order chi connectivity index (χ1) is 13.7. The van der Waals surface area contributed by atoms with Crippen LogP contribution in [0.15, 0.2) is 29.4 Å². The van der Waals surface area contributed by atoms with Gasteiger partial charge < -0.3 is 20.3 Å². The monoisotopic (exact) mass is 513 g/mol. The molecule has 2 heterocycles. The van der Waals surface area contributed by atoms with Gasteiger partial charge in [-0.15, -0.1) is 24.0 Å². The zero-order valence-electron chi connectivity index (χ0n) is 17.8. The summed E-state index contributed by atoms with van der Waals surface area (Å²) < 4.78 is 6.05. The van der Waals surface area contributed by atoms with Gasteiger partial charge in [0.1, 0.15) is 5.82 Å². The molecule has 0 aromatic carbocycles. The van der Waals surface area contributed by atoms with Gasteiger partial charge in [0.05, 0.1) is 6.10 Å². The number of aromatic nitrogens is 1. The van der Waals surface area contributed by atoms with Crippen LogP contribution in [0.5, 0.6) is 0 Å². The maximum atomic E-state index is 6.05. The molecule has 2 N–H and O–H groups in total. The number of aliphatic imine (C=N–C) groups is 1. The summed E-state index contributed by atoms with van der Waals surface area (Å²) in [5.74, 6) is 2.05. The van der Waals surface area contributed by atoms with Crippen molar-refractivity contribution < 1.29 is 4.74 Å². The third kappa shape index (κ3) is 4.81. The van der Waals surface area contributed by atoms with Gasteiger partial charge in [0, 0.05) is 50.4 Å². The predicted octanol–water partition coefficient (Wildman–Crippen LogP) is 3.57. The van der Waals surface area contributed by atoms with Gasteiger partial charge in [-0.3, -0.25) is 4.99 Å². The molecule has 2 aliphatic carbocycles. The summed E-state index contributed by atoms with van der Waals surface area (Å²) in [7, 11) is 1.89. The lowest BCUT2D eigenvalue weighted by molar-refractivity contribution is -0.125. The quantitative estimate of drug-likeness (QED) is 0.358. The number of nitrogens with zero attached hydrogens (tertiary/aromatic N) is 3. The maximum absolute atomic E-state index is 6.05. The summed E-state index contributed by atoms with van der Waals surface area (Å²) in [5.41, 5.74) is 0.329. The van der Waals surface area contributed by atoms with Crippen LogP contribution in [-0.4, -0.2) is 55.9 Å². The minimum Gasteiger partial charge on any atom is -0.378 e. The average Bonchev–Trinajstić information content (AvgIpc) is 3.26. The number of nitrogens with one attached hydrogen (secondary N) is 2. The molecule has 1 aromatic heterocycles. The Morgan fingerprint density at radius 3 is 2.62 bits per heavy atom. The molecular formula is C22H36IN5O. The highest BCUT2D eigenvalue weighted by Crippen LogP contribution is 2.54. The molecule has 162 valence electrons. The van der Waals surface area contributed by atoms with Gasteiger partial charge in [-0.05, 0) is 51.2 Å². The molecule has 1 aliphatic heterocycles. The molecule has 29 heavy (non-hydrogen) atoms. The van der Waals surface area contributed by atoms with Gasteiger partial charge in [0.15, 0.2) is 5.96 Å². The highest BCUT2D eigenvalue weighted by molar-refractivity contribution is 14.0. The van der Waals surface area contributed by atoms with Crippen LogP contribution in [0, 0.1) is 5.41 Å². The second kappa shape index (κ2) is 10.3. The van der Waals surface area contributed by atoms with Crippen LogP contribution in [0.1, 0.15) is 51.9 Å². The third-order valence-corrected chi connectivity index (χ3v) is 7.03. The van der Waals surface area contributed by atoms with Gasteiger partial charge >= 0.3 is 0 Å². The van der Waals surface area contributed by atoms with Crippen LogP contribution in [-0.2, 0) is 4.74 Å². The van der Waals surface area contributed by atoms with Gasteiger partial charge in [-0.2, -0.15) is 0 Å². The smallest absolute Gasteiger partial charge is 0.191 e. The summed E-state index contributed by atoms with van der Waals surface area (Å²) in [6, 6.07) is 7.09. The maximum Gasteiger partial charge on any atom is 0.191 e. The van der Waals surface area contributed by atoms with Gasteiger partial charge in [-0.25, -0.2) is 4.98 Å². The van der Waals surface area contributed by atoms with E-state index in [4.69, 9.17) is 4.74 Å². The third-order valence-electron chi connectivity index (χ3n) is 7.03. The summed E-state index contributed by atoms with van der Waals surface area (Å²) in [6.45, 7) is 5.00. The Balaban J connectivity index is 0.00000240. The largest absolute Gasteiger partial charge is 0.378 e. The van der Waals surface area contributed by atoms with Crippen molar-refractivity contribution in [3.8, 4) is 0 Å². The minimum absolute atomic E-state index is 0. The number of piperidine rings is 1. The molecule has 1 saturated heterocycles. The van der Waals surface area contributed by atoms with Crippen LogP contribution in [0.25, 0.3) is 0 Å². The van der Waals surface area contributed by atoms with E-state index in [-0.39, 0.29) is 24.0 Å². The predicted molar refractivity (Wildman–Crippen MR) is 129 cm³/mol. The summed E-state index contributed by atoms with van der Waals surface area (Å²) in [6.07, 6.45) is 10.9. The van der Waals surface area contributed by atoms with Crippen molar-refractivity contribution in [1.29, 1.82) is 0 Å². The zero-order chi connectivity index (χ0) is 19.4. The Morgan fingerprint density at radius 2 is 2.00 bits per heavy atom. The Morgan fingerprint density at radius 1 is 1.24 bits per heavy atom. The van der Waals surface area contributed by atoms with Crippen LogP contribution in [0.2, 0.25) is 0 Å². The molecule has 2 unspecified atom stereocenters. The second-order valence-corrected chi connectivity index (χ2v) is 8.48. The zero-order valence-corrected chi connectivity index (χ0v) is 20.1. The van der Waals surface area contributed by atoms with Crippen LogP contribution >= 0.6 is 24.0 Å². The molecule has 2 atom stereocenters. The molecule has 0 radical (unpaired) electrons. The fourth-order valence-electron chi connectivity index (χ4n) is 5.41. The molecule has 7 heteroatoms. The molecule has 0 amide bonds. The van der Waals surface area contributed by atoms with Gasteiger partial charge in [0.2, 0.25) is 0 Å². The summed E-state index contributed by atoms with van der Waals surface area (Å²) in [5, 5.41) is 7.43. The fraction of sp³-hybridized carbons (Fsp3) is 0.727. The number of guanidine groups is 1. The SMILES string of the molecule is CCOC1CC(NC(=NC)NC2CCN(c3ccccn3)CC2)C12CCCC2.I. The Kier molecular flexibility index (Phi) is 8.01. The van der Waals surface area contributed by atoms with E-state index in [2.05, 4.69) is 44.6 Å². The van der Waals surface area contributed by atoms with Crippen molar-refractivity contribution in [3.05, 3.63) is 24.4 Å². The van der Waals surface area contributed by atoms with Crippen LogP contribution < -0.4 is 15.5 Å². The van der Waals surface area contributed by atoms with E-state index >= 15 is 0 Å². The lowest BCUT2D eigenvalue weighted by atomic mass is 9.60. The number of ether oxygens (including phenoxy) is 1. The van der Waals surface area contributed by atoms with Crippen molar-refractivity contribution in [2.45, 2.75) is 70.1 Å². The number of pyridine rings is 1. The molecule has 3 aliphatic rings. The molecule has 0 bridgehead atoms. The highest BCUT2D eigenvalue weighted by atomic mass is 127. The number of halogens is 1. The van der Waals surface area contributed by atoms with Crippen molar-refractivity contribution in [2.75, 3.05) is 31.6 Å². The van der Waals surface area contributed by atoms with Crippen molar-refractivity contribution in [3.63, 3.8) is 0 Å². The van der Waals surface area contributed by atoms with Crippen LogP contribution in [0.3, 0.4) is 0 Å². The lowest BCUT2D eigenvalue weighted by Gasteiger charge is -2.54. The molecule has 1 aromatic rings. The van der Waals surface area contributed by atoms with E-state index in [1.54, 1.807) is 0 Å². The summed E-state index contributed by atoms with van der Waals surface area (Å²) in [4.78, 5) is 11.4. The van der Waals surface area contributed by atoms with Crippen molar-refractivity contribution >= 4 is 35.8 Å². The number of rotatable bonds is 5. The number of hydrogen-bond donors (Lipinski definition) is 2. The topological polar surface area (TPSA) is 61.8 Å². The van der Waals surface area contributed by atoms with E-state index in [9.17, 15) is 0 Å². The molecule has 4 rings (SSSR count). The van der Waals surface area contributed by atoms with Gasteiger partial charge in [0.25, 0.3) is 0 Å². The normalized spacial score (nSPS) is 26.7. The molecule has 2 saturated carbocycles. The average molecular weight is 513 g/mol. The first-order valence-corrected chi connectivity index (χ1v) is 11.0. The van der Waals surface area contributed by atoms with E-state index in [1.165, 1.54) is 25.7 Å². The molecule has 3 fully saturated rings. The molecular weight excluding hydrogens is 477 g/mol. The summed E-state index contributed by atoms with van der Waals surface area (Å²) >= 11 is 0. The van der Waals surface area contributed by atoms with Crippen molar-refractivity contribution in [2.24, 2.45) is 10.4 Å². The standard InChI is InChI=1S/C22H35N5O.HI/c1-3-28-19-16-18(22(19)11-5-6-12-22)26-21(23-2)25-17-9-14-27(15-10-17)20-8-4-7-13-24-20;/h4,7-8,13,17-19H,3,5-6,9-12,14-16H2,1-2H3,(H2,23,25,26);1H. The van der Waals surface area contributed by atoms with Crippen molar-refractivity contribution in [1.82, 2.24) is 15.6 Å². The van der Waals surface area contributed by atoms with E-state index in [1.807, 2.05) is 19.3 Å². The highest BCUT2D eigenvalue weighted by Gasteiger charge is 2.57. The van der Waals surface area contributed by atoms with E-state index in [0.29, 0.717) is 23.6 Å². The van der Waals surface area contributed by atoms with E-state index in [0.717, 1.165) is 50.7 Å². The second-order valence-electron chi connectivity index (χ2n) is 8.48. The fourth-order valence-corrected chi connectivity index (χ4v) is 5.41.